The molecule has 1 unspecified atom stereocenters. The van der Waals surface area contributed by atoms with Gasteiger partial charge in [-0.3, -0.25) is 9.79 Å². The molecule has 0 bridgehead atoms. The highest BCUT2D eigenvalue weighted by atomic mass is 127. The van der Waals surface area contributed by atoms with E-state index < -0.39 is 0 Å². The molecule has 0 spiro atoms. The molecule has 5 nitrogen and oxygen atoms in total. The highest BCUT2D eigenvalue weighted by Gasteiger charge is 2.09. The second-order valence-electron chi connectivity index (χ2n) is 6.10. The fourth-order valence-electron chi connectivity index (χ4n) is 2.68. The summed E-state index contributed by atoms with van der Waals surface area (Å²) in [5.74, 6) is 1.46. The van der Waals surface area contributed by atoms with Crippen LogP contribution in [0.1, 0.15) is 52.0 Å². The molecule has 26 heavy (non-hydrogen) atoms. The standard InChI is InChI=1S/C20H34N4O.HI/c1-5-21-20(23-16-14-19(25)24(6-2)7-3)22-15-13-17(4)18-11-9-8-10-12-18;/h8-12,17H,5-7,13-16H2,1-4H3,(H2,21,22,23);1H. The van der Waals surface area contributed by atoms with Crippen molar-refractivity contribution in [1.29, 1.82) is 0 Å². The quantitative estimate of drug-likeness (QED) is 0.310. The molecule has 148 valence electrons. The molecular weight excluding hydrogens is 439 g/mol. The lowest BCUT2D eigenvalue weighted by Gasteiger charge is -2.19. The van der Waals surface area contributed by atoms with Gasteiger partial charge in [0.1, 0.15) is 0 Å². The van der Waals surface area contributed by atoms with Crippen LogP contribution < -0.4 is 10.6 Å². The summed E-state index contributed by atoms with van der Waals surface area (Å²) in [5, 5.41) is 6.50. The Morgan fingerprint density at radius 2 is 1.77 bits per heavy atom. The molecule has 0 aliphatic heterocycles. The fraction of sp³-hybridized carbons (Fsp3) is 0.600. The van der Waals surface area contributed by atoms with Gasteiger partial charge in [-0.2, -0.15) is 0 Å². The van der Waals surface area contributed by atoms with Crippen LogP contribution in [0.3, 0.4) is 0 Å². The number of nitrogens with zero attached hydrogens (tertiary/aromatic N) is 2. The van der Waals surface area contributed by atoms with E-state index in [0.717, 1.165) is 38.6 Å². The number of benzene rings is 1. The minimum Gasteiger partial charge on any atom is -0.357 e. The first kappa shape index (κ1) is 24.7. The third-order valence-corrected chi connectivity index (χ3v) is 4.29. The van der Waals surface area contributed by atoms with Crippen molar-refractivity contribution in [1.82, 2.24) is 15.5 Å². The molecule has 0 saturated heterocycles. The first-order valence-electron chi connectivity index (χ1n) is 9.47. The van der Waals surface area contributed by atoms with Crippen molar-refractivity contribution in [3.8, 4) is 0 Å². The molecule has 0 fully saturated rings. The van der Waals surface area contributed by atoms with Crippen molar-refractivity contribution in [2.75, 3.05) is 32.7 Å². The monoisotopic (exact) mass is 474 g/mol. The van der Waals surface area contributed by atoms with E-state index in [4.69, 9.17) is 0 Å². The third kappa shape index (κ3) is 9.40. The Morgan fingerprint density at radius 3 is 2.35 bits per heavy atom. The summed E-state index contributed by atoms with van der Waals surface area (Å²) < 4.78 is 0. The second kappa shape index (κ2) is 14.8. The van der Waals surface area contributed by atoms with Crippen molar-refractivity contribution >= 4 is 35.8 Å². The summed E-state index contributed by atoms with van der Waals surface area (Å²) in [5.41, 5.74) is 1.35. The van der Waals surface area contributed by atoms with Crippen LogP contribution in [0.25, 0.3) is 0 Å². The Kier molecular flexibility index (Phi) is 14.1. The Balaban J connectivity index is 0.00000625. The molecule has 0 saturated carbocycles. The van der Waals surface area contributed by atoms with E-state index in [0.29, 0.717) is 18.9 Å². The molecule has 0 heterocycles. The van der Waals surface area contributed by atoms with E-state index >= 15 is 0 Å². The molecule has 0 aliphatic rings. The average Bonchev–Trinajstić information content (AvgIpc) is 2.63. The third-order valence-electron chi connectivity index (χ3n) is 4.29. The topological polar surface area (TPSA) is 56.7 Å². The van der Waals surface area contributed by atoms with E-state index in [9.17, 15) is 4.79 Å². The van der Waals surface area contributed by atoms with Gasteiger partial charge in [0.05, 0.1) is 0 Å². The lowest BCUT2D eigenvalue weighted by Crippen LogP contribution is -2.40. The molecule has 1 aromatic carbocycles. The number of carbonyl (C=O) groups excluding carboxylic acids is 1. The fourth-order valence-corrected chi connectivity index (χ4v) is 2.68. The lowest BCUT2D eigenvalue weighted by atomic mass is 9.98. The number of aliphatic imine (C=N–C) groups is 1. The first-order chi connectivity index (χ1) is 12.1. The van der Waals surface area contributed by atoms with Gasteiger partial charge >= 0.3 is 0 Å². The molecule has 1 atom stereocenters. The highest BCUT2D eigenvalue weighted by Crippen LogP contribution is 2.17. The smallest absolute Gasteiger partial charge is 0.224 e. The van der Waals surface area contributed by atoms with E-state index in [2.05, 4.69) is 46.8 Å². The molecule has 0 aromatic heterocycles. The Morgan fingerprint density at radius 1 is 1.12 bits per heavy atom. The van der Waals surface area contributed by atoms with Crippen LogP contribution in [-0.4, -0.2) is 49.5 Å². The van der Waals surface area contributed by atoms with Crippen molar-refractivity contribution in [3.05, 3.63) is 35.9 Å². The number of halogens is 1. The second-order valence-corrected chi connectivity index (χ2v) is 6.10. The number of hydrogen-bond donors (Lipinski definition) is 2. The number of nitrogens with one attached hydrogen (secondary N) is 2. The van der Waals surface area contributed by atoms with Gasteiger partial charge in [0.25, 0.3) is 0 Å². The van der Waals surface area contributed by atoms with E-state index in [1.807, 2.05) is 31.7 Å². The van der Waals surface area contributed by atoms with Gasteiger partial charge in [-0.05, 0) is 38.7 Å². The van der Waals surface area contributed by atoms with Crippen molar-refractivity contribution in [3.63, 3.8) is 0 Å². The van der Waals surface area contributed by atoms with Gasteiger partial charge in [0.2, 0.25) is 5.91 Å². The van der Waals surface area contributed by atoms with Crippen LogP contribution in [-0.2, 0) is 4.79 Å². The largest absolute Gasteiger partial charge is 0.357 e. The van der Waals surface area contributed by atoms with Crippen LogP contribution in [0.5, 0.6) is 0 Å². The minimum atomic E-state index is 0. The van der Waals surface area contributed by atoms with Crippen molar-refractivity contribution in [2.24, 2.45) is 4.99 Å². The van der Waals surface area contributed by atoms with Gasteiger partial charge in [0, 0.05) is 39.1 Å². The van der Waals surface area contributed by atoms with Gasteiger partial charge in [-0.1, -0.05) is 37.3 Å². The first-order valence-corrected chi connectivity index (χ1v) is 9.47. The van der Waals surface area contributed by atoms with Crippen LogP contribution in [0.15, 0.2) is 35.3 Å². The van der Waals surface area contributed by atoms with Gasteiger partial charge < -0.3 is 15.5 Å². The lowest BCUT2D eigenvalue weighted by molar-refractivity contribution is -0.130. The summed E-state index contributed by atoms with van der Waals surface area (Å²) in [6.07, 6.45) is 1.49. The maximum Gasteiger partial charge on any atom is 0.224 e. The molecule has 0 aliphatic carbocycles. The maximum absolute atomic E-state index is 12.0. The number of rotatable bonds is 10. The normalized spacial score (nSPS) is 12.1. The summed E-state index contributed by atoms with van der Waals surface area (Å²) in [4.78, 5) is 18.5. The van der Waals surface area contributed by atoms with Crippen LogP contribution in [0, 0.1) is 0 Å². The molecule has 2 N–H and O–H groups in total. The average molecular weight is 474 g/mol. The molecule has 0 radical (unpaired) electrons. The highest BCUT2D eigenvalue weighted by molar-refractivity contribution is 14.0. The van der Waals surface area contributed by atoms with Gasteiger partial charge in [-0.25, -0.2) is 0 Å². The predicted molar refractivity (Wildman–Crippen MR) is 121 cm³/mol. The summed E-state index contributed by atoms with van der Waals surface area (Å²) in [6, 6.07) is 10.5. The molecule has 6 heteroatoms. The molecular formula is C20H35IN4O. The summed E-state index contributed by atoms with van der Waals surface area (Å²) >= 11 is 0. The van der Waals surface area contributed by atoms with E-state index in [1.54, 1.807) is 0 Å². The van der Waals surface area contributed by atoms with Gasteiger partial charge in [0.15, 0.2) is 5.96 Å². The zero-order chi connectivity index (χ0) is 18.5. The number of hydrogen-bond acceptors (Lipinski definition) is 2. The van der Waals surface area contributed by atoms with Crippen molar-refractivity contribution in [2.45, 2.75) is 46.5 Å². The maximum atomic E-state index is 12.0. The Hall–Kier alpha value is -1.31. The zero-order valence-electron chi connectivity index (χ0n) is 16.6. The van der Waals surface area contributed by atoms with E-state index in [1.165, 1.54) is 5.56 Å². The van der Waals surface area contributed by atoms with E-state index in [-0.39, 0.29) is 29.9 Å². The van der Waals surface area contributed by atoms with Crippen LogP contribution in [0.4, 0.5) is 0 Å². The molecule has 1 amide bonds. The summed E-state index contributed by atoms with van der Waals surface area (Å²) in [7, 11) is 0. The zero-order valence-corrected chi connectivity index (χ0v) is 19.0. The predicted octanol–water partition coefficient (Wildman–Crippen LogP) is 3.61. The number of guanidine groups is 1. The van der Waals surface area contributed by atoms with Crippen LogP contribution in [0.2, 0.25) is 0 Å². The SMILES string of the molecule is CCNC(=NCCC(C)c1ccccc1)NCCC(=O)N(CC)CC.I. The molecule has 1 aromatic rings. The Labute approximate surface area is 176 Å². The van der Waals surface area contributed by atoms with Crippen molar-refractivity contribution < 1.29 is 4.79 Å². The minimum absolute atomic E-state index is 0. The van der Waals surface area contributed by atoms with Crippen LogP contribution >= 0.6 is 24.0 Å². The molecule has 1 rings (SSSR count). The van der Waals surface area contributed by atoms with Gasteiger partial charge in [-0.15, -0.1) is 24.0 Å². The Bertz CT molecular complexity index is 518. The number of carbonyl (C=O) groups is 1. The summed E-state index contributed by atoms with van der Waals surface area (Å²) in [6.45, 7) is 12.0. The number of amides is 1.